The fourth-order valence-electron chi connectivity index (χ4n) is 2.77. The Labute approximate surface area is 123 Å². The lowest BCUT2D eigenvalue weighted by Gasteiger charge is -2.29. The number of amides is 2. The molecule has 1 aliphatic heterocycles. The standard InChI is InChI=1S/C17H17NO3/c1-17(2,3)18-15(19)12-8-10-6-5-7-14(21-4)11(10)9-13(12)16(18)20/h5-9H,1-4H3. The first kappa shape index (κ1) is 13.6. The number of ether oxygens (including phenoxy) is 1. The molecule has 2 aromatic rings. The van der Waals surface area contributed by atoms with Crippen LogP contribution in [0.25, 0.3) is 10.8 Å². The van der Waals surface area contributed by atoms with Crippen LogP contribution in [-0.4, -0.2) is 29.4 Å². The second-order valence-electron chi connectivity index (χ2n) is 6.20. The van der Waals surface area contributed by atoms with Crippen molar-refractivity contribution in [1.82, 2.24) is 4.90 Å². The highest BCUT2D eigenvalue weighted by molar-refractivity contribution is 6.23. The third-order valence-electron chi connectivity index (χ3n) is 3.74. The lowest BCUT2D eigenvalue weighted by molar-refractivity contribution is 0.0508. The Morgan fingerprint density at radius 2 is 1.62 bits per heavy atom. The lowest BCUT2D eigenvalue weighted by atomic mass is 10.0. The maximum Gasteiger partial charge on any atom is 0.262 e. The smallest absolute Gasteiger partial charge is 0.262 e. The van der Waals surface area contributed by atoms with E-state index < -0.39 is 5.54 Å². The molecule has 108 valence electrons. The third-order valence-corrected chi connectivity index (χ3v) is 3.74. The molecular formula is C17H17NO3. The molecular weight excluding hydrogens is 266 g/mol. The van der Waals surface area contributed by atoms with Crippen LogP contribution in [0.2, 0.25) is 0 Å². The summed E-state index contributed by atoms with van der Waals surface area (Å²) in [5.41, 5.74) is 0.381. The maximum absolute atomic E-state index is 12.6. The lowest BCUT2D eigenvalue weighted by Crippen LogP contribution is -2.45. The van der Waals surface area contributed by atoms with Crippen molar-refractivity contribution in [2.24, 2.45) is 0 Å². The van der Waals surface area contributed by atoms with Crippen molar-refractivity contribution in [3.05, 3.63) is 41.5 Å². The zero-order valence-corrected chi connectivity index (χ0v) is 12.6. The van der Waals surface area contributed by atoms with Gasteiger partial charge in [0.15, 0.2) is 0 Å². The van der Waals surface area contributed by atoms with Gasteiger partial charge in [-0.3, -0.25) is 14.5 Å². The van der Waals surface area contributed by atoms with Crippen LogP contribution in [-0.2, 0) is 0 Å². The van der Waals surface area contributed by atoms with Crippen molar-refractivity contribution in [3.8, 4) is 5.75 Å². The van der Waals surface area contributed by atoms with Gasteiger partial charge in [0, 0.05) is 10.9 Å². The van der Waals surface area contributed by atoms with Gasteiger partial charge >= 0.3 is 0 Å². The summed E-state index contributed by atoms with van der Waals surface area (Å²) in [6.45, 7) is 5.57. The van der Waals surface area contributed by atoms with Crippen molar-refractivity contribution in [3.63, 3.8) is 0 Å². The van der Waals surface area contributed by atoms with E-state index in [9.17, 15) is 9.59 Å². The van der Waals surface area contributed by atoms with Crippen molar-refractivity contribution in [2.45, 2.75) is 26.3 Å². The first-order valence-corrected chi connectivity index (χ1v) is 6.84. The number of rotatable bonds is 1. The average molecular weight is 283 g/mol. The predicted molar refractivity (Wildman–Crippen MR) is 80.8 cm³/mol. The summed E-state index contributed by atoms with van der Waals surface area (Å²) in [6.07, 6.45) is 0. The summed E-state index contributed by atoms with van der Waals surface area (Å²) in [5, 5.41) is 1.74. The molecule has 4 heteroatoms. The van der Waals surface area contributed by atoms with Gasteiger partial charge in [0.1, 0.15) is 5.75 Å². The van der Waals surface area contributed by atoms with E-state index in [2.05, 4.69) is 0 Å². The van der Waals surface area contributed by atoms with Gasteiger partial charge in [0.25, 0.3) is 11.8 Å². The predicted octanol–water partition coefficient (Wildman–Crippen LogP) is 3.24. The quantitative estimate of drug-likeness (QED) is 0.755. The molecule has 0 aliphatic carbocycles. The molecule has 0 aromatic heterocycles. The molecule has 0 radical (unpaired) electrons. The number of hydrogen-bond acceptors (Lipinski definition) is 3. The third kappa shape index (κ3) is 1.90. The molecule has 0 spiro atoms. The Kier molecular flexibility index (Phi) is 2.80. The van der Waals surface area contributed by atoms with Crippen LogP contribution < -0.4 is 4.74 Å². The highest BCUT2D eigenvalue weighted by Crippen LogP contribution is 2.35. The van der Waals surface area contributed by atoms with Crippen LogP contribution in [0.15, 0.2) is 30.3 Å². The van der Waals surface area contributed by atoms with Crippen LogP contribution in [0.3, 0.4) is 0 Å². The van der Waals surface area contributed by atoms with Crippen molar-refractivity contribution < 1.29 is 14.3 Å². The number of fused-ring (bicyclic) bond motifs is 2. The molecule has 0 bridgehead atoms. The van der Waals surface area contributed by atoms with Crippen molar-refractivity contribution in [1.29, 1.82) is 0 Å². The Morgan fingerprint density at radius 3 is 2.19 bits per heavy atom. The minimum atomic E-state index is -0.538. The van der Waals surface area contributed by atoms with Gasteiger partial charge in [-0.1, -0.05) is 12.1 Å². The monoisotopic (exact) mass is 283 g/mol. The van der Waals surface area contributed by atoms with E-state index in [0.717, 1.165) is 10.8 Å². The molecule has 3 rings (SSSR count). The molecule has 1 heterocycles. The highest BCUT2D eigenvalue weighted by Gasteiger charge is 2.42. The maximum atomic E-state index is 12.6. The Balaban J connectivity index is 2.27. The summed E-state index contributed by atoms with van der Waals surface area (Å²) in [7, 11) is 1.59. The molecule has 0 saturated carbocycles. The van der Waals surface area contributed by atoms with Gasteiger partial charge in [-0.05, 0) is 44.4 Å². The van der Waals surface area contributed by atoms with Gasteiger partial charge in [0.05, 0.1) is 18.2 Å². The summed E-state index contributed by atoms with van der Waals surface area (Å²) in [6, 6.07) is 9.16. The summed E-state index contributed by atoms with van der Waals surface area (Å²) in [5.74, 6) is 0.229. The number of imide groups is 1. The Morgan fingerprint density at radius 1 is 1.00 bits per heavy atom. The van der Waals surface area contributed by atoms with E-state index in [4.69, 9.17) is 4.74 Å². The fraction of sp³-hybridized carbons (Fsp3) is 0.294. The van der Waals surface area contributed by atoms with E-state index in [1.54, 1.807) is 19.2 Å². The van der Waals surface area contributed by atoms with Crippen LogP contribution in [0.1, 0.15) is 41.5 Å². The topological polar surface area (TPSA) is 46.6 Å². The zero-order valence-electron chi connectivity index (χ0n) is 12.6. The number of hydrogen-bond donors (Lipinski definition) is 0. The van der Waals surface area contributed by atoms with E-state index in [-0.39, 0.29) is 11.8 Å². The molecule has 2 aromatic carbocycles. The molecule has 0 atom stereocenters. The van der Waals surface area contributed by atoms with Gasteiger partial charge in [-0.2, -0.15) is 0 Å². The number of carbonyl (C=O) groups is 2. The summed E-state index contributed by atoms with van der Waals surface area (Å²) < 4.78 is 5.33. The van der Waals surface area contributed by atoms with E-state index in [1.165, 1.54) is 4.90 Å². The molecule has 0 unspecified atom stereocenters. The molecule has 1 aliphatic rings. The molecule has 21 heavy (non-hydrogen) atoms. The molecule has 2 amide bonds. The van der Waals surface area contributed by atoms with Crippen LogP contribution in [0, 0.1) is 0 Å². The van der Waals surface area contributed by atoms with Crippen molar-refractivity contribution in [2.75, 3.05) is 7.11 Å². The minimum Gasteiger partial charge on any atom is -0.496 e. The number of carbonyl (C=O) groups excluding carboxylic acids is 2. The minimum absolute atomic E-state index is 0.229. The van der Waals surface area contributed by atoms with Gasteiger partial charge in [-0.25, -0.2) is 0 Å². The van der Waals surface area contributed by atoms with E-state index in [1.807, 2.05) is 39.0 Å². The average Bonchev–Trinajstić information content (AvgIpc) is 2.67. The number of methoxy groups -OCH3 is 1. The van der Waals surface area contributed by atoms with Crippen LogP contribution in [0.4, 0.5) is 0 Å². The van der Waals surface area contributed by atoms with E-state index >= 15 is 0 Å². The molecule has 0 saturated heterocycles. The number of benzene rings is 2. The highest BCUT2D eigenvalue weighted by atomic mass is 16.5. The zero-order chi connectivity index (χ0) is 15.4. The fourth-order valence-corrected chi connectivity index (χ4v) is 2.77. The van der Waals surface area contributed by atoms with Crippen LogP contribution in [0.5, 0.6) is 5.75 Å². The number of nitrogens with zero attached hydrogens (tertiary/aromatic N) is 1. The molecule has 4 nitrogen and oxygen atoms in total. The molecule has 0 N–H and O–H groups in total. The Hall–Kier alpha value is -2.36. The normalized spacial score (nSPS) is 14.8. The summed E-state index contributed by atoms with van der Waals surface area (Å²) in [4.78, 5) is 26.4. The van der Waals surface area contributed by atoms with Gasteiger partial charge < -0.3 is 4.74 Å². The second-order valence-corrected chi connectivity index (χ2v) is 6.20. The largest absolute Gasteiger partial charge is 0.496 e. The first-order valence-electron chi connectivity index (χ1n) is 6.84. The van der Waals surface area contributed by atoms with E-state index in [0.29, 0.717) is 16.9 Å². The Bertz CT molecular complexity index is 771. The summed E-state index contributed by atoms with van der Waals surface area (Å²) >= 11 is 0. The first-order chi connectivity index (χ1) is 9.84. The second kappa shape index (κ2) is 4.32. The van der Waals surface area contributed by atoms with Crippen molar-refractivity contribution >= 4 is 22.6 Å². The van der Waals surface area contributed by atoms with Gasteiger partial charge in [-0.15, -0.1) is 0 Å². The molecule has 0 fully saturated rings. The van der Waals surface area contributed by atoms with Crippen LogP contribution >= 0.6 is 0 Å². The SMILES string of the molecule is COc1cccc2cc3c(cc12)C(=O)N(C(C)(C)C)C3=O. The van der Waals surface area contributed by atoms with Gasteiger partial charge in [0.2, 0.25) is 0 Å².